The third kappa shape index (κ3) is 17.5. The van der Waals surface area contributed by atoms with Crippen molar-refractivity contribution in [3.8, 4) is 0 Å². The summed E-state index contributed by atoms with van der Waals surface area (Å²) in [7, 11) is 0. The van der Waals surface area contributed by atoms with Crippen LogP contribution in [0.3, 0.4) is 0 Å². The van der Waals surface area contributed by atoms with Crippen LogP contribution in [-0.2, 0) is 47.4 Å². The van der Waals surface area contributed by atoms with Crippen LogP contribution >= 0.6 is 0 Å². The second-order valence-electron chi connectivity index (χ2n) is 23.3. The summed E-state index contributed by atoms with van der Waals surface area (Å²) in [6, 6.07) is 0. The van der Waals surface area contributed by atoms with Crippen molar-refractivity contribution >= 4 is 0 Å². The van der Waals surface area contributed by atoms with Crippen molar-refractivity contribution in [1.29, 1.82) is 0 Å². The van der Waals surface area contributed by atoms with Gasteiger partial charge in [-0.1, -0.05) is 215 Å². The highest BCUT2D eigenvalue weighted by Gasteiger charge is 3.00. The van der Waals surface area contributed by atoms with Crippen LogP contribution in [0.15, 0.2) is 0 Å². The molecule has 0 saturated heterocycles. The first kappa shape index (κ1) is 63.4. The van der Waals surface area contributed by atoms with Crippen molar-refractivity contribution in [3.05, 3.63) is 0 Å². The summed E-state index contributed by atoms with van der Waals surface area (Å²) >= 11 is 0. The maximum atomic E-state index is 8.20. The van der Waals surface area contributed by atoms with E-state index in [4.69, 9.17) is 47.4 Å². The van der Waals surface area contributed by atoms with E-state index in [9.17, 15) is 0 Å². The quantitative estimate of drug-likeness (QED) is 0.0433. The molecule has 0 aromatic carbocycles. The molecule has 73 heavy (non-hydrogen) atoms. The van der Waals surface area contributed by atoms with E-state index in [1.807, 2.05) is 0 Å². The zero-order chi connectivity index (χ0) is 51.8. The monoisotopic (exact) mass is 1030 g/mol. The Hall–Kier alpha value is -0.400. The largest absolute Gasteiger partial charge is 0.341 e. The molecule has 5 unspecified atom stereocenters. The van der Waals surface area contributed by atoms with Crippen LogP contribution in [0.4, 0.5) is 0 Å². The van der Waals surface area contributed by atoms with E-state index in [-0.39, 0.29) is 24.4 Å². The number of rotatable bonds is 48. The molecule has 5 aliphatic carbocycles. The van der Waals surface area contributed by atoms with E-state index in [1.165, 1.54) is 89.9 Å². The third-order valence-corrected chi connectivity index (χ3v) is 16.7. The van der Waals surface area contributed by atoms with Gasteiger partial charge in [0.2, 0.25) is 0 Å². The lowest BCUT2D eigenvalue weighted by Gasteiger charge is -2.55. The third-order valence-electron chi connectivity index (χ3n) is 16.7. The van der Waals surface area contributed by atoms with E-state index in [2.05, 4.69) is 41.5 Å². The van der Waals surface area contributed by atoms with Gasteiger partial charge in [0.15, 0.2) is 0 Å². The fraction of sp³-hybridized carbons (Fsp3) is 1.00. The van der Waals surface area contributed by atoms with E-state index in [0.717, 1.165) is 180 Å². The molecule has 10 nitrogen and oxygen atoms in total. The molecule has 430 valence electrons. The lowest BCUT2D eigenvalue weighted by atomic mass is 9.93. The summed E-state index contributed by atoms with van der Waals surface area (Å²) < 4.78 is 79.9. The van der Waals surface area contributed by atoms with Gasteiger partial charge in [-0.05, 0) is 96.3 Å². The van der Waals surface area contributed by atoms with Crippen molar-refractivity contribution in [1.82, 2.24) is 0 Å². The molecular formula is C63H118O10. The van der Waals surface area contributed by atoms with Crippen molar-refractivity contribution in [2.75, 3.05) is 39.6 Å². The topological polar surface area (TPSA) is 92.3 Å². The Kier molecular flexibility index (Phi) is 31.3. The fourth-order valence-corrected chi connectivity index (χ4v) is 12.0. The van der Waals surface area contributed by atoms with Crippen LogP contribution in [0, 0.1) is 0 Å². The van der Waals surface area contributed by atoms with Crippen LogP contribution < -0.4 is 0 Å². The molecule has 5 rings (SSSR count). The van der Waals surface area contributed by atoms with Gasteiger partial charge in [-0.15, -0.1) is 0 Å². The molecule has 0 aliphatic heterocycles. The highest BCUT2D eigenvalue weighted by molar-refractivity contribution is 5.30. The number of unbranched alkanes of at least 4 members (excludes halogenated alkanes) is 22. The van der Waals surface area contributed by atoms with Crippen molar-refractivity contribution in [3.63, 3.8) is 0 Å². The van der Waals surface area contributed by atoms with Crippen molar-refractivity contribution in [2.45, 2.75) is 365 Å². The van der Waals surface area contributed by atoms with Gasteiger partial charge in [0.25, 0.3) is 28.9 Å². The minimum Gasteiger partial charge on any atom is -0.341 e. The Balaban J connectivity index is 1.80. The minimum atomic E-state index is -1.90. The van der Waals surface area contributed by atoms with Crippen molar-refractivity contribution < 1.29 is 47.4 Å². The second kappa shape index (κ2) is 36.0. The van der Waals surface area contributed by atoms with Gasteiger partial charge >= 0.3 is 0 Å². The summed E-state index contributed by atoms with van der Waals surface area (Å²) in [6.45, 7) is 15.8. The highest BCUT2D eigenvalue weighted by Crippen LogP contribution is 2.70. The number of hydrogen-bond donors (Lipinski definition) is 0. The first-order chi connectivity index (χ1) is 35.9. The predicted octanol–water partition coefficient (Wildman–Crippen LogP) is 17.7. The maximum Gasteiger partial charge on any atom is 0.292 e. The lowest BCUT2D eigenvalue weighted by molar-refractivity contribution is -0.519. The molecule has 0 spiro atoms. The van der Waals surface area contributed by atoms with E-state index in [1.54, 1.807) is 0 Å². The standard InChI is InChI=1S/C63H118O10/c1-7-13-18-21-23-25-26-28-30-39-54-69-61(68-53-38-29-27-24-22-19-14-8-2)59(66-51-36-16-10-4,67-52-37-20-15-9-3)60(64-49-12-6,65-50-17-11-5)62(71-56-43-34-35-44-56,70-55-41-32-31-33-42-55)63(61,73-58-47-48-58)72-57-45-40-46-57/h55-58H,7-54H2,1-6H3. The molecule has 0 N–H and O–H groups in total. The molecular weight excluding hydrogens is 917 g/mol. The summed E-state index contributed by atoms with van der Waals surface area (Å²) in [4.78, 5) is 0. The van der Waals surface area contributed by atoms with Gasteiger partial charge in [0, 0.05) is 0 Å². The fourth-order valence-electron chi connectivity index (χ4n) is 12.0. The molecule has 5 atom stereocenters. The predicted molar refractivity (Wildman–Crippen MR) is 297 cm³/mol. The van der Waals surface area contributed by atoms with Crippen LogP contribution in [0.2, 0.25) is 0 Å². The van der Waals surface area contributed by atoms with Gasteiger partial charge < -0.3 is 47.4 Å². The van der Waals surface area contributed by atoms with Gasteiger partial charge in [-0.25, -0.2) is 0 Å². The molecule has 5 aliphatic rings. The molecule has 0 bridgehead atoms. The van der Waals surface area contributed by atoms with Crippen molar-refractivity contribution in [2.24, 2.45) is 0 Å². The van der Waals surface area contributed by atoms with Gasteiger partial charge in [-0.2, -0.15) is 0 Å². The Bertz CT molecular complexity index is 1350. The molecule has 10 heteroatoms. The van der Waals surface area contributed by atoms with Gasteiger partial charge in [0.1, 0.15) is 0 Å². The van der Waals surface area contributed by atoms with Crippen LogP contribution in [0.5, 0.6) is 0 Å². The van der Waals surface area contributed by atoms with Gasteiger partial charge in [-0.3, -0.25) is 0 Å². The van der Waals surface area contributed by atoms with E-state index >= 15 is 0 Å². The normalized spacial score (nSPS) is 28.2. The first-order valence-corrected chi connectivity index (χ1v) is 32.5. The summed E-state index contributed by atoms with van der Waals surface area (Å²) in [6.07, 6.45) is 44.2. The maximum absolute atomic E-state index is 8.20. The molecule has 0 radical (unpaired) electrons. The smallest absolute Gasteiger partial charge is 0.292 e. The summed E-state index contributed by atoms with van der Waals surface area (Å²) in [5.74, 6) is -9.41. The van der Waals surface area contributed by atoms with E-state index in [0.29, 0.717) is 39.6 Å². The Labute approximate surface area is 449 Å². The molecule has 5 fully saturated rings. The minimum absolute atomic E-state index is 0.131. The second-order valence-corrected chi connectivity index (χ2v) is 23.3. The average molecular weight is 1040 g/mol. The number of ether oxygens (including phenoxy) is 10. The zero-order valence-electron chi connectivity index (χ0n) is 48.8. The van der Waals surface area contributed by atoms with Crippen LogP contribution in [-0.4, -0.2) is 93.0 Å². The molecule has 5 saturated carbocycles. The lowest BCUT2D eigenvalue weighted by Crippen LogP contribution is -2.75. The molecule has 0 aromatic heterocycles. The summed E-state index contributed by atoms with van der Waals surface area (Å²) in [5, 5.41) is 0. The molecule has 0 amide bonds. The Morgan fingerprint density at radius 2 is 0.466 bits per heavy atom. The highest BCUT2D eigenvalue weighted by atomic mass is 16.9. The molecule has 0 heterocycles. The zero-order valence-corrected chi connectivity index (χ0v) is 48.8. The van der Waals surface area contributed by atoms with Crippen LogP contribution in [0.1, 0.15) is 311 Å². The van der Waals surface area contributed by atoms with Gasteiger partial charge in [0.05, 0.1) is 64.1 Å². The van der Waals surface area contributed by atoms with Crippen LogP contribution in [0.25, 0.3) is 0 Å². The summed E-state index contributed by atoms with van der Waals surface area (Å²) in [5.41, 5.74) is 0. The number of hydrogen-bond acceptors (Lipinski definition) is 10. The van der Waals surface area contributed by atoms with E-state index < -0.39 is 28.9 Å². The molecule has 0 aromatic rings. The SMILES string of the molecule is CCCCCCCCCCCCOC1(OCCCCCCCCCC)C(OCCCCC)(OCCCCCC)C(OCCC)(OCCCC)C(OC2CCCCC2)(OC2CCCC2)C1(OC1CCC1)OC1CC1. The Morgan fingerprint density at radius 1 is 0.219 bits per heavy atom. The first-order valence-electron chi connectivity index (χ1n) is 32.5. The Morgan fingerprint density at radius 3 is 0.795 bits per heavy atom. The average Bonchev–Trinajstić information content (AvgIpc) is 4.05.